The number of halogens is 1. The first-order chi connectivity index (χ1) is 9.72. The monoisotopic (exact) mass is 294 g/mol. The largest absolute Gasteiger partial charge is 0.495 e. The number of nitrogens with zero attached hydrogens (tertiary/aromatic N) is 3. The van der Waals surface area contributed by atoms with Crippen LogP contribution in [0.2, 0.25) is 5.02 Å². The molecule has 0 saturated heterocycles. The van der Waals surface area contributed by atoms with Crippen LogP contribution in [0, 0.1) is 0 Å². The number of aromatic nitrogens is 3. The lowest BCUT2D eigenvalue weighted by molar-refractivity contribution is 0.401. The van der Waals surface area contributed by atoms with Gasteiger partial charge in [-0.25, -0.2) is 0 Å². The Hall–Kier alpha value is -1.59. The lowest BCUT2D eigenvalue weighted by Gasteiger charge is -2.20. The van der Waals surface area contributed by atoms with Crippen molar-refractivity contribution < 1.29 is 4.74 Å². The van der Waals surface area contributed by atoms with Crippen LogP contribution >= 0.6 is 11.6 Å². The van der Waals surface area contributed by atoms with E-state index in [1.54, 1.807) is 25.7 Å². The topological polar surface area (TPSA) is 52.0 Å². The Balaban J connectivity index is 2.49. The predicted molar refractivity (Wildman–Crippen MR) is 79.2 cm³/mol. The molecule has 0 aliphatic carbocycles. The minimum Gasteiger partial charge on any atom is -0.495 e. The molecule has 2 heterocycles. The first-order valence-electron chi connectivity index (χ1n) is 6.59. The Labute approximate surface area is 123 Å². The lowest BCUT2D eigenvalue weighted by Crippen LogP contribution is -2.22. The molecule has 0 saturated carbocycles. The van der Waals surface area contributed by atoms with Crippen LogP contribution in [-0.4, -0.2) is 28.9 Å². The third-order valence-corrected chi connectivity index (χ3v) is 3.47. The van der Waals surface area contributed by atoms with Crippen molar-refractivity contribution in [3.05, 3.63) is 40.9 Å². The second kappa shape index (κ2) is 6.72. The normalized spacial score (nSPS) is 12.4. The third-order valence-electron chi connectivity index (χ3n) is 3.18. The van der Waals surface area contributed by atoms with Gasteiger partial charge in [0.15, 0.2) is 0 Å². The summed E-state index contributed by atoms with van der Waals surface area (Å²) in [5.74, 6) is 0.729. The molecule has 0 spiro atoms. The molecule has 6 heteroatoms. The van der Waals surface area contributed by atoms with E-state index in [0.29, 0.717) is 5.02 Å². The van der Waals surface area contributed by atoms with Crippen LogP contribution < -0.4 is 10.1 Å². The number of aryl methyl sites for hydroxylation is 1. The highest BCUT2D eigenvalue weighted by Gasteiger charge is 2.23. The number of hydrogen-bond acceptors (Lipinski definition) is 4. The number of ether oxygens (including phenoxy) is 1. The molecule has 5 nitrogen and oxygen atoms in total. The van der Waals surface area contributed by atoms with Crippen LogP contribution in [0.1, 0.15) is 30.6 Å². The van der Waals surface area contributed by atoms with Gasteiger partial charge in [0.1, 0.15) is 5.75 Å². The summed E-state index contributed by atoms with van der Waals surface area (Å²) in [5, 5.41) is 8.28. The van der Waals surface area contributed by atoms with E-state index in [4.69, 9.17) is 16.3 Å². The number of methoxy groups -OCH3 is 1. The molecular formula is C14H19ClN4O. The molecule has 2 aromatic heterocycles. The highest BCUT2D eigenvalue weighted by Crippen LogP contribution is 2.32. The molecule has 2 aromatic rings. The zero-order valence-electron chi connectivity index (χ0n) is 11.9. The van der Waals surface area contributed by atoms with E-state index < -0.39 is 0 Å². The third kappa shape index (κ3) is 2.78. The van der Waals surface area contributed by atoms with Gasteiger partial charge in [-0.1, -0.05) is 18.5 Å². The fourth-order valence-corrected chi connectivity index (χ4v) is 2.54. The summed E-state index contributed by atoms with van der Waals surface area (Å²) >= 11 is 6.32. The molecule has 1 unspecified atom stereocenters. The SMILES string of the molecule is CCCn1ncc(Cl)c1C(NC)c1ccncc1OC. The Bertz CT molecular complexity index is 570. The molecule has 1 atom stereocenters. The summed E-state index contributed by atoms with van der Waals surface area (Å²) in [6.45, 7) is 2.94. The van der Waals surface area contributed by atoms with Crippen LogP contribution in [0.25, 0.3) is 0 Å². The minimum atomic E-state index is -0.0884. The van der Waals surface area contributed by atoms with Gasteiger partial charge >= 0.3 is 0 Å². The Kier molecular flexibility index (Phi) is 4.98. The first kappa shape index (κ1) is 14.8. The molecule has 2 rings (SSSR count). The standard InChI is InChI=1S/C14H19ClN4O/c1-4-7-19-14(11(15)8-18-19)13(16-2)10-5-6-17-9-12(10)20-3/h5-6,8-9,13,16H,4,7H2,1-3H3. The van der Waals surface area contributed by atoms with E-state index in [0.717, 1.165) is 30.0 Å². The van der Waals surface area contributed by atoms with Gasteiger partial charge in [-0.3, -0.25) is 9.67 Å². The fourth-order valence-electron chi connectivity index (χ4n) is 2.29. The van der Waals surface area contributed by atoms with Crippen molar-refractivity contribution in [1.82, 2.24) is 20.1 Å². The van der Waals surface area contributed by atoms with Gasteiger partial charge in [0, 0.05) is 18.3 Å². The van der Waals surface area contributed by atoms with E-state index in [-0.39, 0.29) is 6.04 Å². The molecule has 0 radical (unpaired) electrons. The summed E-state index contributed by atoms with van der Waals surface area (Å²) in [5.41, 5.74) is 1.94. The second-order valence-corrected chi connectivity index (χ2v) is 4.85. The lowest BCUT2D eigenvalue weighted by atomic mass is 10.0. The predicted octanol–water partition coefficient (Wildman–Crippen LogP) is 2.66. The molecule has 1 N–H and O–H groups in total. The molecule has 0 aliphatic rings. The zero-order valence-corrected chi connectivity index (χ0v) is 12.7. The van der Waals surface area contributed by atoms with Gasteiger partial charge in [-0.15, -0.1) is 0 Å². The molecule has 0 aromatic carbocycles. The molecular weight excluding hydrogens is 276 g/mol. The van der Waals surface area contributed by atoms with Gasteiger partial charge in [0.25, 0.3) is 0 Å². The zero-order chi connectivity index (χ0) is 14.5. The van der Waals surface area contributed by atoms with Crippen molar-refractivity contribution in [2.24, 2.45) is 0 Å². The number of hydrogen-bond donors (Lipinski definition) is 1. The van der Waals surface area contributed by atoms with Crippen LogP contribution in [0.15, 0.2) is 24.7 Å². The molecule has 0 bridgehead atoms. The van der Waals surface area contributed by atoms with Crippen molar-refractivity contribution in [3.63, 3.8) is 0 Å². The van der Waals surface area contributed by atoms with Gasteiger partial charge in [-0.2, -0.15) is 5.10 Å². The molecule has 0 aliphatic heterocycles. The van der Waals surface area contributed by atoms with Gasteiger partial charge in [-0.05, 0) is 19.5 Å². The summed E-state index contributed by atoms with van der Waals surface area (Å²) in [6.07, 6.45) is 6.13. The maximum absolute atomic E-state index is 6.32. The Morgan fingerprint density at radius 3 is 2.90 bits per heavy atom. The summed E-state index contributed by atoms with van der Waals surface area (Å²) < 4.78 is 7.32. The van der Waals surface area contributed by atoms with Crippen molar-refractivity contribution in [2.75, 3.05) is 14.2 Å². The average molecular weight is 295 g/mol. The van der Waals surface area contributed by atoms with E-state index in [1.807, 2.05) is 17.8 Å². The fraction of sp³-hybridized carbons (Fsp3) is 0.429. The van der Waals surface area contributed by atoms with Crippen molar-refractivity contribution >= 4 is 11.6 Å². The number of nitrogens with one attached hydrogen (secondary N) is 1. The van der Waals surface area contributed by atoms with Crippen LogP contribution in [0.4, 0.5) is 0 Å². The van der Waals surface area contributed by atoms with Crippen molar-refractivity contribution in [3.8, 4) is 5.75 Å². The van der Waals surface area contributed by atoms with Gasteiger partial charge in [0.05, 0.1) is 36.3 Å². The van der Waals surface area contributed by atoms with Crippen LogP contribution in [0.3, 0.4) is 0 Å². The van der Waals surface area contributed by atoms with Crippen molar-refractivity contribution in [2.45, 2.75) is 25.9 Å². The van der Waals surface area contributed by atoms with Gasteiger partial charge in [0.2, 0.25) is 0 Å². The average Bonchev–Trinajstić information content (AvgIpc) is 2.83. The van der Waals surface area contributed by atoms with Gasteiger partial charge < -0.3 is 10.1 Å². The smallest absolute Gasteiger partial charge is 0.142 e. The molecule has 20 heavy (non-hydrogen) atoms. The maximum Gasteiger partial charge on any atom is 0.142 e. The minimum absolute atomic E-state index is 0.0884. The quantitative estimate of drug-likeness (QED) is 0.890. The first-order valence-corrected chi connectivity index (χ1v) is 6.97. The number of rotatable bonds is 6. The summed E-state index contributed by atoms with van der Waals surface area (Å²) in [4.78, 5) is 4.09. The molecule has 0 fully saturated rings. The molecule has 0 amide bonds. The summed E-state index contributed by atoms with van der Waals surface area (Å²) in [6, 6.07) is 1.84. The number of pyridine rings is 1. The second-order valence-electron chi connectivity index (χ2n) is 4.44. The van der Waals surface area contributed by atoms with E-state index in [9.17, 15) is 0 Å². The molecule has 108 valence electrons. The van der Waals surface area contributed by atoms with E-state index >= 15 is 0 Å². The Morgan fingerprint density at radius 1 is 1.45 bits per heavy atom. The van der Waals surface area contributed by atoms with Crippen molar-refractivity contribution in [1.29, 1.82) is 0 Å². The van der Waals surface area contributed by atoms with E-state index in [1.165, 1.54) is 0 Å². The highest BCUT2D eigenvalue weighted by atomic mass is 35.5. The maximum atomic E-state index is 6.32. The van der Waals surface area contributed by atoms with Crippen LogP contribution in [-0.2, 0) is 6.54 Å². The van der Waals surface area contributed by atoms with E-state index in [2.05, 4.69) is 22.3 Å². The summed E-state index contributed by atoms with van der Waals surface area (Å²) in [7, 11) is 3.53. The Morgan fingerprint density at radius 2 is 2.25 bits per heavy atom. The highest BCUT2D eigenvalue weighted by molar-refractivity contribution is 6.31. The van der Waals surface area contributed by atoms with Crippen LogP contribution in [0.5, 0.6) is 5.75 Å².